The number of rotatable bonds is 8. The van der Waals surface area contributed by atoms with Crippen LogP contribution in [-0.2, 0) is 22.7 Å². The first-order chi connectivity index (χ1) is 17.0. The van der Waals surface area contributed by atoms with Crippen LogP contribution in [0.5, 0.6) is 5.75 Å². The molecule has 2 aliphatic rings. The van der Waals surface area contributed by atoms with E-state index in [0.717, 1.165) is 25.2 Å². The number of piperidine rings is 2. The average Bonchev–Trinajstić information content (AvgIpc) is 2.88. The van der Waals surface area contributed by atoms with Gasteiger partial charge >= 0.3 is 0 Å². The maximum absolute atomic E-state index is 13.1. The second-order valence-corrected chi connectivity index (χ2v) is 9.16. The number of carbonyl (C=O) groups excluding carboxylic acids is 4. The van der Waals surface area contributed by atoms with Crippen molar-refractivity contribution in [1.82, 2.24) is 15.1 Å². The number of carbonyl (C=O) groups is 4. The second-order valence-electron chi connectivity index (χ2n) is 9.16. The first-order valence-corrected chi connectivity index (χ1v) is 12.1. The zero-order valence-electron chi connectivity index (χ0n) is 20.0. The highest BCUT2D eigenvalue weighted by Crippen LogP contribution is 2.25. The van der Waals surface area contributed by atoms with E-state index in [2.05, 4.69) is 22.3 Å². The third-order valence-electron chi connectivity index (χ3n) is 6.68. The van der Waals surface area contributed by atoms with E-state index in [-0.39, 0.29) is 36.5 Å². The topological polar surface area (TPSA) is 96.0 Å². The van der Waals surface area contributed by atoms with Gasteiger partial charge in [-0.1, -0.05) is 36.8 Å². The number of hydrogen-bond acceptors (Lipinski definition) is 6. The molecule has 2 fully saturated rings. The molecule has 2 aliphatic heterocycles. The van der Waals surface area contributed by atoms with Crippen LogP contribution in [0.1, 0.15) is 63.9 Å². The summed E-state index contributed by atoms with van der Waals surface area (Å²) in [6.45, 7) is 3.49. The molecule has 2 saturated heterocycles. The van der Waals surface area contributed by atoms with E-state index in [0.29, 0.717) is 12.0 Å². The lowest BCUT2D eigenvalue weighted by Crippen LogP contribution is -2.53. The lowest BCUT2D eigenvalue weighted by atomic mass is 10.0. The number of nitrogens with one attached hydrogen (secondary N) is 1. The molecule has 0 aliphatic carbocycles. The van der Waals surface area contributed by atoms with Gasteiger partial charge in [0.1, 0.15) is 18.4 Å². The molecule has 0 spiro atoms. The van der Waals surface area contributed by atoms with Crippen LogP contribution < -0.4 is 10.1 Å². The third-order valence-corrected chi connectivity index (χ3v) is 6.68. The number of hydrogen-bond donors (Lipinski definition) is 1. The fourth-order valence-corrected chi connectivity index (χ4v) is 4.64. The molecule has 3 amide bonds. The molecule has 184 valence electrons. The number of likely N-dealkylation sites (tertiary alicyclic amines) is 1. The van der Waals surface area contributed by atoms with Gasteiger partial charge in [0, 0.05) is 20.0 Å². The minimum Gasteiger partial charge on any atom is -0.488 e. The monoisotopic (exact) mass is 477 g/mol. The first-order valence-electron chi connectivity index (χ1n) is 12.1. The Morgan fingerprint density at radius 2 is 1.80 bits per heavy atom. The third kappa shape index (κ3) is 5.95. The summed E-state index contributed by atoms with van der Waals surface area (Å²) in [6.07, 6.45) is 4.84. The van der Waals surface area contributed by atoms with Crippen molar-refractivity contribution in [3.63, 3.8) is 0 Å². The fraction of sp³-hybridized carbons (Fsp3) is 0.407. The van der Waals surface area contributed by atoms with Crippen LogP contribution in [-0.4, -0.2) is 60.0 Å². The number of benzene rings is 2. The van der Waals surface area contributed by atoms with E-state index in [1.807, 2.05) is 12.1 Å². The molecule has 2 heterocycles. The lowest BCUT2D eigenvalue weighted by molar-refractivity contribution is -0.136. The Hall–Kier alpha value is -3.52. The van der Waals surface area contributed by atoms with Crippen molar-refractivity contribution >= 4 is 24.0 Å². The van der Waals surface area contributed by atoms with E-state index < -0.39 is 17.9 Å². The lowest BCUT2D eigenvalue weighted by Gasteiger charge is -2.30. The summed E-state index contributed by atoms with van der Waals surface area (Å²) in [5.41, 5.74) is 2.51. The minimum absolute atomic E-state index is 0.137. The normalized spacial score (nSPS) is 18.6. The molecule has 0 saturated carbocycles. The number of amides is 3. The van der Waals surface area contributed by atoms with Crippen LogP contribution in [0, 0.1) is 0 Å². The molecule has 0 bridgehead atoms. The molecule has 0 aromatic heterocycles. The molecule has 1 N–H and O–H groups in total. The summed E-state index contributed by atoms with van der Waals surface area (Å²) < 4.78 is 5.92. The number of aldehydes is 1. The SMILES string of the molecule is CN(C(=O)c1cccc(OCc2ccc(CN3CCCCC3)cc2)c1C=O)C1CCC(=O)NC1=O. The minimum atomic E-state index is -0.771. The Morgan fingerprint density at radius 3 is 2.49 bits per heavy atom. The van der Waals surface area contributed by atoms with Gasteiger partial charge in [-0.2, -0.15) is 0 Å². The summed E-state index contributed by atoms with van der Waals surface area (Å²) in [6, 6.07) is 12.3. The van der Waals surface area contributed by atoms with Gasteiger partial charge in [0.05, 0.1) is 11.1 Å². The average molecular weight is 478 g/mol. The Balaban J connectivity index is 1.41. The van der Waals surface area contributed by atoms with E-state index >= 15 is 0 Å². The summed E-state index contributed by atoms with van der Waals surface area (Å²) >= 11 is 0. The Kier molecular flexibility index (Phi) is 7.92. The van der Waals surface area contributed by atoms with Crippen LogP contribution in [0.2, 0.25) is 0 Å². The van der Waals surface area contributed by atoms with E-state index in [9.17, 15) is 19.2 Å². The van der Waals surface area contributed by atoms with Crippen LogP contribution in [0.4, 0.5) is 0 Å². The number of nitrogens with zero attached hydrogens (tertiary/aromatic N) is 2. The molecule has 2 aromatic carbocycles. The second kappa shape index (κ2) is 11.3. The quantitative estimate of drug-likeness (QED) is 0.464. The van der Waals surface area contributed by atoms with Crippen molar-refractivity contribution in [1.29, 1.82) is 0 Å². The Morgan fingerprint density at radius 1 is 1.09 bits per heavy atom. The van der Waals surface area contributed by atoms with Crippen molar-refractivity contribution in [3.8, 4) is 5.75 Å². The largest absolute Gasteiger partial charge is 0.488 e. The van der Waals surface area contributed by atoms with Gasteiger partial charge in [-0.05, 0) is 55.6 Å². The van der Waals surface area contributed by atoms with Crippen molar-refractivity contribution < 1.29 is 23.9 Å². The Bertz CT molecular complexity index is 1090. The Labute approximate surface area is 205 Å². The molecule has 1 unspecified atom stereocenters. The smallest absolute Gasteiger partial charge is 0.255 e. The maximum atomic E-state index is 13.1. The molecule has 4 rings (SSSR count). The summed E-state index contributed by atoms with van der Waals surface area (Å²) in [7, 11) is 1.50. The standard InChI is InChI=1S/C27H31N3O5/c1-29(23-12-13-25(32)28-26(23)33)27(34)21-6-5-7-24(22(21)17-31)35-18-20-10-8-19(9-11-20)16-30-14-3-2-4-15-30/h5-11,17,23H,2-4,12-16,18H2,1H3,(H,28,32,33). The van der Waals surface area contributed by atoms with Gasteiger partial charge in [-0.3, -0.25) is 29.4 Å². The predicted molar refractivity (Wildman–Crippen MR) is 130 cm³/mol. The molecular weight excluding hydrogens is 446 g/mol. The summed E-state index contributed by atoms with van der Waals surface area (Å²) in [5, 5.41) is 2.25. The van der Waals surface area contributed by atoms with Crippen LogP contribution in [0.3, 0.4) is 0 Å². The van der Waals surface area contributed by atoms with Gasteiger partial charge in [-0.15, -0.1) is 0 Å². The first kappa shape index (κ1) is 24.6. The predicted octanol–water partition coefficient (Wildman–Crippen LogP) is 2.94. The van der Waals surface area contributed by atoms with Gasteiger partial charge in [-0.25, -0.2) is 0 Å². The molecular formula is C27H31N3O5. The van der Waals surface area contributed by atoms with E-state index in [1.54, 1.807) is 12.1 Å². The van der Waals surface area contributed by atoms with E-state index in [1.165, 1.54) is 42.8 Å². The highest BCUT2D eigenvalue weighted by molar-refractivity contribution is 6.06. The molecule has 2 aromatic rings. The highest BCUT2D eigenvalue weighted by atomic mass is 16.5. The van der Waals surface area contributed by atoms with Crippen molar-refractivity contribution in [3.05, 3.63) is 64.7 Å². The van der Waals surface area contributed by atoms with Gasteiger partial charge in [0.25, 0.3) is 5.91 Å². The molecule has 8 nitrogen and oxygen atoms in total. The van der Waals surface area contributed by atoms with Crippen molar-refractivity contribution in [2.24, 2.45) is 0 Å². The number of ether oxygens (including phenoxy) is 1. The summed E-state index contributed by atoms with van der Waals surface area (Å²) in [4.78, 5) is 52.4. The molecule has 1 atom stereocenters. The van der Waals surface area contributed by atoms with Crippen LogP contribution in [0.15, 0.2) is 42.5 Å². The van der Waals surface area contributed by atoms with Crippen LogP contribution in [0.25, 0.3) is 0 Å². The highest BCUT2D eigenvalue weighted by Gasteiger charge is 2.33. The number of imide groups is 1. The fourth-order valence-electron chi connectivity index (χ4n) is 4.64. The van der Waals surface area contributed by atoms with Gasteiger partial charge in [0.2, 0.25) is 11.8 Å². The van der Waals surface area contributed by atoms with Gasteiger partial charge in [0.15, 0.2) is 6.29 Å². The molecule has 8 heteroatoms. The van der Waals surface area contributed by atoms with Gasteiger partial charge < -0.3 is 9.64 Å². The maximum Gasteiger partial charge on any atom is 0.255 e. The molecule has 0 radical (unpaired) electrons. The zero-order chi connectivity index (χ0) is 24.8. The van der Waals surface area contributed by atoms with Crippen molar-refractivity contribution in [2.45, 2.75) is 51.3 Å². The molecule has 35 heavy (non-hydrogen) atoms. The van der Waals surface area contributed by atoms with Crippen molar-refractivity contribution in [2.75, 3.05) is 20.1 Å². The number of likely N-dealkylation sites (N-methyl/N-ethyl adjacent to an activating group) is 1. The van der Waals surface area contributed by atoms with E-state index in [4.69, 9.17) is 4.74 Å². The summed E-state index contributed by atoms with van der Waals surface area (Å²) in [5.74, 6) is -1.04. The van der Waals surface area contributed by atoms with Crippen LogP contribution >= 0.6 is 0 Å². The zero-order valence-corrected chi connectivity index (χ0v) is 20.0.